The first-order valence-corrected chi connectivity index (χ1v) is 6.19. The molecule has 0 heterocycles. The average molecular weight is 272 g/mol. The Bertz CT molecular complexity index is 336. The van der Waals surface area contributed by atoms with E-state index in [0.717, 1.165) is 29.0 Å². The fourth-order valence-corrected chi connectivity index (χ4v) is 2.17. The van der Waals surface area contributed by atoms with Crippen LogP contribution in [0.25, 0.3) is 0 Å². The smallest absolute Gasteiger partial charge is 0.123 e. The molecule has 1 fully saturated rings. The maximum atomic E-state index is 13.0. The summed E-state index contributed by atoms with van der Waals surface area (Å²) in [6.45, 7) is 1.80. The van der Waals surface area contributed by atoms with Crippen molar-refractivity contribution in [2.75, 3.05) is 6.54 Å². The number of hydrogen-bond donors (Lipinski definition) is 1. The molecule has 0 aliphatic heterocycles. The van der Waals surface area contributed by atoms with Gasteiger partial charge in [-0.15, -0.1) is 0 Å². The Morgan fingerprint density at radius 3 is 2.87 bits per heavy atom. The van der Waals surface area contributed by atoms with E-state index in [4.69, 9.17) is 0 Å². The largest absolute Gasteiger partial charge is 0.312 e. The van der Waals surface area contributed by atoms with Crippen molar-refractivity contribution < 1.29 is 4.39 Å². The number of hydrogen-bond acceptors (Lipinski definition) is 1. The number of nitrogens with one attached hydrogen (secondary N) is 1. The summed E-state index contributed by atoms with van der Waals surface area (Å²) in [4.78, 5) is 0. The van der Waals surface area contributed by atoms with Crippen LogP contribution in [0.4, 0.5) is 4.39 Å². The molecular weight excluding hydrogens is 257 g/mol. The van der Waals surface area contributed by atoms with Gasteiger partial charge in [-0.05, 0) is 49.1 Å². The number of halogens is 2. The summed E-state index contributed by atoms with van der Waals surface area (Å²) in [5, 5.41) is 3.38. The van der Waals surface area contributed by atoms with Crippen LogP contribution >= 0.6 is 15.9 Å². The number of benzene rings is 1. The van der Waals surface area contributed by atoms with E-state index in [1.807, 2.05) is 0 Å². The second-order valence-corrected chi connectivity index (χ2v) is 5.02. The lowest BCUT2D eigenvalue weighted by Crippen LogP contribution is -2.27. The van der Waals surface area contributed by atoms with Gasteiger partial charge in [-0.2, -0.15) is 0 Å². The lowest BCUT2D eigenvalue weighted by molar-refractivity contribution is 0.301. The fourth-order valence-electron chi connectivity index (χ4n) is 1.79. The zero-order valence-electron chi connectivity index (χ0n) is 8.60. The van der Waals surface area contributed by atoms with Crippen LogP contribution in [0.5, 0.6) is 0 Å². The molecule has 1 aromatic carbocycles. The highest BCUT2D eigenvalue weighted by Gasteiger charge is 2.16. The molecule has 1 aliphatic rings. The molecule has 0 radical (unpaired) electrons. The first-order valence-electron chi connectivity index (χ1n) is 5.40. The molecule has 1 N–H and O–H groups in total. The molecule has 0 unspecified atom stereocenters. The van der Waals surface area contributed by atoms with Gasteiger partial charge in [0, 0.05) is 11.0 Å². The summed E-state index contributed by atoms with van der Waals surface area (Å²) in [5.74, 6) is 0.677. The van der Waals surface area contributed by atoms with Gasteiger partial charge in [0.15, 0.2) is 0 Å². The molecule has 1 aromatic rings. The Hall–Kier alpha value is -0.410. The third-order valence-corrected chi connectivity index (χ3v) is 3.75. The summed E-state index contributed by atoms with van der Waals surface area (Å²) >= 11 is 3.42. The molecular formula is C12H15BrFN. The Kier molecular flexibility index (Phi) is 3.76. The maximum Gasteiger partial charge on any atom is 0.123 e. The summed E-state index contributed by atoms with van der Waals surface area (Å²) in [6, 6.07) is 4.81. The first kappa shape index (κ1) is 11.1. The van der Waals surface area contributed by atoms with Gasteiger partial charge in [-0.1, -0.05) is 22.4 Å². The van der Waals surface area contributed by atoms with E-state index in [2.05, 4.69) is 21.2 Å². The van der Waals surface area contributed by atoms with Crippen molar-refractivity contribution in [3.05, 3.63) is 34.1 Å². The van der Waals surface area contributed by atoms with Gasteiger partial charge in [0.2, 0.25) is 0 Å². The highest BCUT2D eigenvalue weighted by Crippen LogP contribution is 2.25. The predicted molar refractivity (Wildman–Crippen MR) is 63.1 cm³/mol. The van der Waals surface area contributed by atoms with Crippen LogP contribution in [-0.4, -0.2) is 6.54 Å². The monoisotopic (exact) mass is 271 g/mol. The van der Waals surface area contributed by atoms with E-state index >= 15 is 0 Å². The number of rotatable bonds is 4. The normalized spacial score (nSPS) is 16.4. The van der Waals surface area contributed by atoms with E-state index in [1.54, 1.807) is 12.1 Å². The van der Waals surface area contributed by atoms with E-state index in [1.165, 1.54) is 25.3 Å². The first-order chi connectivity index (χ1) is 7.25. The molecule has 2 rings (SSSR count). The van der Waals surface area contributed by atoms with Crippen LogP contribution in [0.2, 0.25) is 0 Å². The highest BCUT2D eigenvalue weighted by molar-refractivity contribution is 9.10. The molecule has 0 aromatic heterocycles. The average Bonchev–Trinajstić information content (AvgIpc) is 2.15. The predicted octanol–water partition coefficient (Wildman–Crippen LogP) is 3.48. The Labute approximate surface area is 98.2 Å². The van der Waals surface area contributed by atoms with Gasteiger partial charge in [-0.3, -0.25) is 0 Å². The molecule has 1 saturated carbocycles. The van der Waals surface area contributed by atoms with Gasteiger partial charge < -0.3 is 5.32 Å². The molecule has 1 nitrogen and oxygen atoms in total. The molecule has 82 valence electrons. The summed E-state index contributed by atoms with van der Waals surface area (Å²) in [5.41, 5.74) is 0.995. The minimum Gasteiger partial charge on any atom is -0.312 e. The highest BCUT2D eigenvalue weighted by atomic mass is 79.9. The summed E-state index contributed by atoms with van der Waals surface area (Å²) in [6.07, 6.45) is 4.06. The standard InChI is InChI=1S/C12H15BrFN/c13-12-5-4-11(14)6-10(12)8-15-7-9-2-1-3-9/h4-6,9,15H,1-3,7-8H2. The van der Waals surface area contributed by atoms with Crippen LogP contribution in [0, 0.1) is 11.7 Å². The molecule has 0 atom stereocenters. The van der Waals surface area contributed by atoms with Crippen LogP contribution in [0.1, 0.15) is 24.8 Å². The topological polar surface area (TPSA) is 12.0 Å². The van der Waals surface area contributed by atoms with Gasteiger partial charge >= 0.3 is 0 Å². The SMILES string of the molecule is Fc1ccc(Br)c(CNCC2CCC2)c1. The van der Waals surface area contributed by atoms with Gasteiger partial charge in [-0.25, -0.2) is 4.39 Å². The van der Waals surface area contributed by atoms with Gasteiger partial charge in [0.25, 0.3) is 0 Å². The van der Waals surface area contributed by atoms with E-state index in [0.29, 0.717) is 0 Å². The molecule has 0 spiro atoms. The van der Waals surface area contributed by atoms with Crippen LogP contribution in [-0.2, 0) is 6.54 Å². The lowest BCUT2D eigenvalue weighted by atomic mass is 9.85. The lowest BCUT2D eigenvalue weighted by Gasteiger charge is -2.25. The third-order valence-electron chi connectivity index (χ3n) is 2.98. The summed E-state index contributed by atoms with van der Waals surface area (Å²) in [7, 11) is 0. The molecule has 0 bridgehead atoms. The van der Waals surface area contributed by atoms with E-state index in [9.17, 15) is 4.39 Å². The fraction of sp³-hybridized carbons (Fsp3) is 0.500. The van der Waals surface area contributed by atoms with Crippen molar-refractivity contribution in [3.8, 4) is 0 Å². The Balaban J connectivity index is 1.83. The Morgan fingerprint density at radius 1 is 1.40 bits per heavy atom. The van der Waals surface area contributed by atoms with Gasteiger partial charge in [0.1, 0.15) is 5.82 Å². The zero-order chi connectivity index (χ0) is 10.7. The van der Waals surface area contributed by atoms with Crippen molar-refractivity contribution in [3.63, 3.8) is 0 Å². The second-order valence-electron chi connectivity index (χ2n) is 4.16. The molecule has 1 aliphatic carbocycles. The van der Waals surface area contributed by atoms with Crippen LogP contribution < -0.4 is 5.32 Å². The molecule has 0 amide bonds. The van der Waals surface area contributed by atoms with Crippen molar-refractivity contribution >= 4 is 15.9 Å². The quantitative estimate of drug-likeness (QED) is 0.884. The van der Waals surface area contributed by atoms with Crippen molar-refractivity contribution in [1.82, 2.24) is 5.32 Å². The van der Waals surface area contributed by atoms with Crippen LogP contribution in [0.15, 0.2) is 22.7 Å². The van der Waals surface area contributed by atoms with Crippen molar-refractivity contribution in [2.45, 2.75) is 25.8 Å². The minimum absolute atomic E-state index is 0.168. The second kappa shape index (κ2) is 5.08. The Morgan fingerprint density at radius 2 is 2.20 bits per heavy atom. The molecule has 0 saturated heterocycles. The maximum absolute atomic E-state index is 13.0. The van der Waals surface area contributed by atoms with Gasteiger partial charge in [0.05, 0.1) is 0 Å². The third kappa shape index (κ3) is 3.02. The van der Waals surface area contributed by atoms with Crippen molar-refractivity contribution in [2.24, 2.45) is 5.92 Å². The summed E-state index contributed by atoms with van der Waals surface area (Å²) < 4.78 is 13.9. The van der Waals surface area contributed by atoms with Crippen LogP contribution in [0.3, 0.4) is 0 Å². The van der Waals surface area contributed by atoms with E-state index < -0.39 is 0 Å². The molecule has 15 heavy (non-hydrogen) atoms. The minimum atomic E-state index is -0.168. The van der Waals surface area contributed by atoms with Crippen molar-refractivity contribution in [1.29, 1.82) is 0 Å². The van der Waals surface area contributed by atoms with E-state index in [-0.39, 0.29) is 5.82 Å². The zero-order valence-corrected chi connectivity index (χ0v) is 10.2. The molecule has 3 heteroatoms.